The molecule has 3 aliphatic heterocycles. The molecular formula is C26H31O16+. The molecule has 10 unspecified atom stereocenters. The first-order valence-electron chi connectivity index (χ1n) is 12.7. The van der Waals surface area contributed by atoms with Gasteiger partial charge in [-0.05, 0) is 12.1 Å². The van der Waals surface area contributed by atoms with E-state index in [1.54, 1.807) is 0 Å². The first-order valence-corrected chi connectivity index (χ1v) is 12.7. The van der Waals surface area contributed by atoms with Crippen molar-refractivity contribution in [3.8, 4) is 34.5 Å². The first-order chi connectivity index (χ1) is 19.9. The van der Waals surface area contributed by atoms with Crippen LogP contribution in [-0.4, -0.2) is 129 Å². The Morgan fingerprint density at radius 2 is 1.50 bits per heavy atom. The fraction of sp³-hybridized carbons (Fsp3) is 0.462. The standard InChI is InChI=1S/C26H30O16/c27-6-17-20(35)21(36)24(42-25-22(37)19(34)14(32)7-38-25)26(41-17)40-16-5-10-11(29)3-9(28)4-15(10)39-23(16)8-1-12(30)18(33)13(31)2-8/h1-5,14,17,19-37H,6-7H2/p+1. The van der Waals surface area contributed by atoms with Gasteiger partial charge in [-0.1, -0.05) is 0 Å². The highest BCUT2D eigenvalue weighted by molar-refractivity contribution is 5.69. The van der Waals surface area contributed by atoms with E-state index in [0.29, 0.717) is 0 Å². The summed E-state index contributed by atoms with van der Waals surface area (Å²) in [5.41, 5.74) is 0.125. The Bertz CT molecular complexity index is 1310. The molecule has 10 atom stereocenters. The van der Waals surface area contributed by atoms with Crippen molar-refractivity contribution < 1.29 is 79.9 Å². The third-order valence-electron chi connectivity index (χ3n) is 7.18. The molecule has 0 aromatic heterocycles. The molecule has 42 heavy (non-hydrogen) atoms. The predicted octanol–water partition coefficient (Wildman–Crippen LogP) is -2.17. The maximum absolute atomic E-state index is 10.9. The van der Waals surface area contributed by atoms with Crippen LogP contribution in [-0.2, 0) is 18.9 Å². The van der Waals surface area contributed by atoms with Crippen LogP contribution in [0.4, 0.5) is 0 Å². The van der Waals surface area contributed by atoms with Crippen LogP contribution in [0.25, 0.3) is 6.08 Å². The quantitative estimate of drug-likeness (QED) is 0.125. The number of ether oxygens (including phenoxy) is 5. The van der Waals surface area contributed by atoms with Crippen LogP contribution in [0, 0.1) is 0 Å². The topological polar surface area (TPSA) is 272 Å². The Kier molecular flexibility index (Phi) is 8.26. The van der Waals surface area contributed by atoms with Crippen LogP contribution in [0.2, 0.25) is 0 Å². The van der Waals surface area contributed by atoms with Crippen LogP contribution in [0.3, 0.4) is 0 Å². The second-order valence-corrected chi connectivity index (χ2v) is 10.1. The van der Waals surface area contributed by atoms with Gasteiger partial charge in [0.1, 0.15) is 53.7 Å². The Balaban J connectivity index is 1.53. The zero-order chi connectivity index (χ0) is 30.5. The summed E-state index contributed by atoms with van der Waals surface area (Å²) in [6, 6.07) is 4.39. The summed E-state index contributed by atoms with van der Waals surface area (Å²) in [7, 11) is 0. The van der Waals surface area contributed by atoms with Crippen LogP contribution >= 0.6 is 0 Å². The van der Waals surface area contributed by atoms with E-state index in [1.807, 2.05) is 0 Å². The largest absolute Gasteiger partial charge is 0.571 e. The van der Waals surface area contributed by atoms with Gasteiger partial charge in [-0.2, -0.15) is 0 Å². The highest BCUT2D eigenvalue weighted by atomic mass is 16.8. The third-order valence-corrected chi connectivity index (χ3v) is 7.18. The van der Waals surface area contributed by atoms with Gasteiger partial charge in [0.15, 0.2) is 35.4 Å². The Hall–Kier alpha value is -3.58. The van der Waals surface area contributed by atoms with Gasteiger partial charge >= 0.3 is 0 Å². The number of phenols is 5. The number of aromatic hydroxyl groups is 6. The molecule has 2 saturated heterocycles. The van der Waals surface area contributed by atoms with Crippen molar-refractivity contribution in [3.63, 3.8) is 0 Å². The van der Waals surface area contributed by atoms with Gasteiger partial charge in [0.05, 0.1) is 24.8 Å². The summed E-state index contributed by atoms with van der Waals surface area (Å²) in [6.45, 7) is -1.21. The van der Waals surface area contributed by atoms with E-state index in [9.17, 15) is 56.2 Å². The van der Waals surface area contributed by atoms with E-state index in [0.717, 1.165) is 18.2 Å². The number of rotatable bonds is 6. The molecule has 0 amide bonds. The van der Waals surface area contributed by atoms with Gasteiger partial charge in [0.25, 0.3) is 11.9 Å². The van der Waals surface area contributed by atoms with E-state index in [2.05, 4.69) is 4.74 Å². The molecule has 16 heteroatoms. The minimum Gasteiger partial charge on any atom is -0.571 e. The molecule has 5 rings (SSSR count). The molecule has 3 aliphatic rings. The number of aliphatic hydroxyl groups excluding tert-OH is 6. The first kappa shape index (κ1) is 29.9. The summed E-state index contributed by atoms with van der Waals surface area (Å²) >= 11 is 0. The summed E-state index contributed by atoms with van der Waals surface area (Å²) in [5, 5.41) is 112. The lowest BCUT2D eigenvalue weighted by molar-refractivity contribution is -0.353. The van der Waals surface area contributed by atoms with Crippen molar-refractivity contribution in [1.29, 1.82) is 0 Å². The van der Waals surface area contributed by atoms with E-state index >= 15 is 0 Å². The Labute approximate surface area is 236 Å². The Morgan fingerprint density at radius 3 is 2.17 bits per heavy atom. The number of benzene rings is 2. The Morgan fingerprint density at radius 1 is 0.810 bits per heavy atom. The van der Waals surface area contributed by atoms with E-state index in [-0.39, 0.29) is 28.4 Å². The molecule has 230 valence electrons. The van der Waals surface area contributed by atoms with Gasteiger partial charge in [-0.3, -0.25) is 0 Å². The van der Waals surface area contributed by atoms with Crippen molar-refractivity contribution in [2.45, 2.75) is 61.4 Å². The number of phenolic OH excluding ortho intramolecular Hbond substituents is 5. The summed E-state index contributed by atoms with van der Waals surface area (Å²) in [5.74, 6) is -3.03. The molecule has 3 heterocycles. The van der Waals surface area contributed by atoms with Gasteiger partial charge in [0, 0.05) is 12.1 Å². The molecule has 0 aliphatic carbocycles. The van der Waals surface area contributed by atoms with Crippen molar-refractivity contribution in [1.82, 2.24) is 0 Å². The molecule has 0 radical (unpaired) electrons. The number of aliphatic hydroxyl groups is 7. The second kappa shape index (κ2) is 11.6. The summed E-state index contributed by atoms with van der Waals surface area (Å²) in [4.78, 5) is 0. The normalized spacial score (nSPS) is 34.7. The summed E-state index contributed by atoms with van der Waals surface area (Å²) < 4.78 is 27.0. The van der Waals surface area contributed by atoms with Crippen molar-refractivity contribution in [2.75, 3.05) is 13.2 Å². The number of hydrogen-bond donors (Lipinski definition) is 11. The zero-order valence-corrected chi connectivity index (χ0v) is 21.6. The minimum absolute atomic E-state index is 0.0539. The zero-order valence-electron chi connectivity index (χ0n) is 21.6. The molecule has 2 aromatic carbocycles. The van der Waals surface area contributed by atoms with Crippen LogP contribution in [0.1, 0.15) is 17.2 Å². The number of hydrogen-bond acceptors (Lipinski definition) is 15. The minimum atomic E-state index is -1.82. The maximum Gasteiger partial charge on any atom is 0.270 e. The number of fused-ring (bicyclic) bond motifs is 1. The lowest BCUT2D eigenvalue weighted by atomic mass is 9.97. The van der Waals surface area contributed by atoms with Crippen molar-refractivity contribution >= 4 is 6.08 Å². The average Bonchev–Trinajstić information content (AvgIpc) is 2.95. The molecule has 0 spiro atoms. The van der Waals surface area contributed by atoms with Gasteiger partial charge in [-0.15, -0.1) is 0 Å². The van der Waals surface area contributed by atoms with Crippen molar-refractivity contribution in [2.24, 2.45) is 0 Å². The van der Waals surface area contributed by atoms with E-state index < -0.39 is 97.6 Å². The van der Waals surface area contributed by atoms with Crippen LogP contribution in [0.15, 0.2) is 30.0 Å². The molecule has 16 nitrogen and oxygen atoms in total. The highest BCUT2D eigenvalue weighted by Crippen LogP contribution is 2.47. The second-order valence-electron chi connectivity index (χ2n) is 10.1. The molecule has 12 N–H and O–H groups in total. The molecule has 0 saturated carbocycles. The SMILES string of the molecule is OCC1OC(OC2=Cc3c(O)cc(O)cc3[OH+]C2c2cc(O)c(O)c(O)c2)C(OC2OCC(O)C(O)C2O)C(O)C1O. The van der Waals surface area contributed by atoms with Gasteiger partial charge in [0.2, 0.25) is 6.29 Å². The fourth-order valence-electron chi connectivity index (χ4n) is 4.89. The fourth-order valence-corrected chi connectivity index (χ4v) is 4.89. The monoisotopic (exact) mass is 599 g/mol. The molecule has 2 aromatic rings. The van der Waals surface area contributed by atoms with Crippen LogP contribution < -0.4 is 0 Å². The van der Waals surface area contributed by atoms with E-state index in [4.69, 9.17) is 18.9 Å². The lowest BCUT2D eigenvalue weighted by Crippen LogP contribution is -2.63. The smallest absolute Gasteiger partial charge is 0.270 e. The summed E-state index contributed by atoms with van der Waals surface area (Å²) in [6.07, 6.45) is -14.8. The molecule has 0 bridgehead atoms. The molecule has 2 fully saturated rings. The third kappa shape index (κ3) is 5.47. The van der Waals surface area contributed by atoms with Crippen LogP contribution in [0.5, 0.6) is 34.5 Å². The lowest BCUT2D eigenvalue weighted by Gasteiger charge is -2.45. The molecular weight excluding hydrogens is 568 g/mol. The van der Waals surface area contributed by atoms with Gasteiger partial charge < -0.3 is 79.9 Å². The van der Waals surface area contributed by atoms with Gasteiger partial charge in [-0.25, -0.2) is 0 Å². The average molecular weight is 600 g/mol. The highest BCUT2D eigenvalue weighted by Gasteiger charge is 2.51. The van der Waals surface area contributed by atoms with Crippen molar-refractivity contribution in [3.05, 3.63) is 41.2 Å². The maximum atomic E-state index is 10.9. The predicted molar refractivity (Wildman–Crippen MR) is 135 cm³/mol. The van der Waals surface area contributed by atoms with E-state index in [1.165, 1.54) is 12.1 Å².